The molecule has 1 fully saturated rings. The summed E-state index contributed by atoms with van der Waals surface area (Å²) in [5.41, 5.74) is 6.04. The summed E-state index contributed by atoms with van der Waals surface area (Å²) in [6.45, 7) is 4.86. The van der Waals surface area contributed by atoms with Gasteiger partial charge in [0.15, 0.2) is 5.69 Å². The van der Waals surface area contributed by atoms with Gasteiger partial charge in [0.25, 0.3) is 5.91 Å². The minimum absolute atomic E-state index is 0.0202. The molecule has 0 saturated carbocycles. The highest BCUT2D eigenvalue weighted by Crippen LogP contribution is 2.30. The van der Waals surface area contributed by atoms with Gasteiger partial charge in [0, 0.05) is 74.1 Å². The van der Waals surface area contributed by atoms with Crippen LogP contribution in [-0.2, 0) is 30.2 Å². The smallest absolute Gasteiger partial charge is 0.354 e. The Hall–Kier alpha value is -6.27. The molecule has 3 aromatic carbocycles. The van der Waals surface area contributed by atoms with Crippen LogP contribution in [0, 0.1) is 11.8 Å². The van der Waals surface area contributed by atoms with Crippen LogP contribution in [-0.4, -0.2) is 116 Å². The van der Waals surface area contributed by atoms with E-state index >= 15 is 0 Å². The number of ether oxygens (including phenoxy) is 4. The first-order valence-corrected chi connectivity index (χ1v) is 22.0. The average Bonchev–Trinajstić information content (AvgIpc) is 3.31. The zero-order valence-electron chi connectivity index (χ0n) is 36.0. The molecule has 0 spiro atoms. The van der Waals surface area contributed by atoms with Crippen molar-refractivity contribution in [2.24, 2.45) is 0 Å². The average molecular weight is 866 g/mol. The molecule has 3 heterocycles. The summed E-state index contributed by atoms with van der Waals surface area (Å²) >= 11 is 0. The lowest BCUT2D eigenvalue weighted by atomic mass is 9.82. The topological polar surface area (TPSA) is 161 Å². The molecule has 1 aliphatic heterocycles. The molecule has 332 valence electrons. The van der Waals surface area contributed by atoms with E-state index in [4.69, 9.17) is 23.9 Å². The van der Waals surface area contributed by atoms with Crippen molar-refractivity contribution in [3.63, 3.8) is 0 Å². The van der Waals surface area contributed by atoms with Crippen LogP contribution in [0.3, 0.4) is 0 Å². The van der Waals surface area contributed by atoms with E-state index in [-0.39, 0.29) is 48.4 Å². The van der Waals surface area contributed by atoms with E-state index in [0.29, 0.717) is 96.6 Å². The Morgan fingerprint density at radius 3 is 2.08 bits per heavy atom. The zero-order chi connectivity index (χ0) is 44.4. The number of carbonyl (C=O) groups excluding carboxylic acids is 2. The van der Waals surface area contributed by atoms with E-state index in [1.165, 1.54) is 6.07 Å². The van der Waals surface area contributed by atoms with Crippen LogP contribution in [0.15, 0.2) is 115 Å². The molecule has 0 radical (unpaired) electrons. The Kier molecular flexibility index (Phi) is 17.1. The SMILES string of the molecule is O=C(NCCC(=O)C1Cc2ccccc2C#Cc2ccccc21)c1ccc(C(c2ccccn2)N2CCOCCOCCC(Nc3cccc(C(=O)O)n3)CCOCCOCC2)cc1. The van der Waals surface area contributed by atoms with Gasteiger partial charge in [-0.3, -0.25) is 19.5 Å². The van der Waals surface area contributed by atoms with Gasteiger partial charge in [0.1, 0.15) is 11.6 Å². The van der Waals surface area contributed by atoms with Crippen LogP contribution in [0.4, 0.5) is 5.82 Å². The highest BCUT2D eigenvalue weighted by molar-refractivity contribution is 5.95. The number of rotatable bonds is 11. The number of amides is 1. The van der Waals surface area contributed by atoms with Gasteiger partial charge in [-0.25, -0.2) is 9.78 Å². The summed E-state index contributed by atoms with van der Waals surface area (Å²) in [6, 6.07) is 33.8. The van der Waals surface area contributed by atoms with E-state index in [9.17, 15) is 19.5 Å². The van der Waals surface area contributed by atoms with Crippen molar-refractivity contribution in [3.05, 3.63) is 160 Å². The van der Waals surface area contributed by atoms with Gasteiger partial charge in [0.05, 0.1) is 51.4 Å². The second-order valence-corrected chi connectivity index (χ2v) is 15.6. The highest BCUT2D eigenvalue weighted by atomic mass is 16.5. The fraction of sp³-hybridized carbons (Fsp3) is 0.353. The maximum absolute atomic E-state index is 13.8. The van der Waals surface area contributed by atoms with Crippen LogP contribution >= 0.6 is 0 Å². The van der Waals surface area contributed by atoms with Gasteiger partial charge in [-0.2, -0.15) is 0 Å². The van der Waals surface area contributed by atoms with Crippen molar-refractivity contribution in [1.82, 2.24) is 20.2 Å². The quantitative estimate of drug-likeness (QED) is 0.127. The number of hydrogen-bond donors (Lipinski definition) is 3. The maximum Gasteiger partial charge on any atom is 0.354 e. The number of nitrogens with zero attached hydrogens (tertiary/aromatic N) is 3. The number of aromatic carboxylic acids is 1. The number of nitrogens with one attached hydrogen (secondary N) is 2. The van der Waals surface area contributed by atoms with Crippen LogP contribution in [0.5, 0.6) is 0 Å². The number of ketones is 1. The van der Waals surface area contributed by atoms with E-state index < -0.39 is 5.97 Å². The normalized spacial score (nSPS) is 17.6. The van der Waals surface area contributed by atoms with Crippen molar-refractivity contribution in [2.45, 2.75) is 43.7 Å². The second kappa shape index (κ2) is 24.0. The van der Waals surface area contributed by atoms with Gasteiger partial charge >= 0.3 is 5.97 Å². The molecule has 2 unspecified atom stereocenters. The standard InChI is InChI=1S/C51H55N5O8/c57-47(44-36-41-10-2-1-8-37(41)15-16-38-9-3-4-11-43(38)44)21-25-53-50(58)40-19-17-39(18-20-40)49(45-12-5-6-24-52-45)56-26-30-63-34-32-61-28-22-42(23-29-62-33-35-64-31-27-56)54-48-14-7-13-46(55-48)51(59)60/h1-14,17-20,24,42,44,49H,21-23,25-36H2,(H,53,58)(H,54,55)(H,59,60). The molecule has 2 aromatic heterocycles. The van der Waals surface area contributed by atoms with Crippen LogP contribution < -0.4 is 10.6 Å². The number of anilines is 1. The summed E-state index contributed by atoms with van der Waals surface area (Å²) in [7, 11) is 0. The number of carboxylic acids is 1. The zero-order valence-corrected chi connectivity index (χ0v) is 36.0. The molecule has 5 aromatic rings. The number of benzene rings is 3. The first-order valence-electron chi connectivity index (χ1n) is 22.0. The van der Waals surface area contributed by atoms with E-state index in [2.05, 4.69) is 32.4 Å². The van der Waals surface area contributed by atoms with Crippen LogP contribution in [0.1, 0.15) is 85.6 Å². The number of carboxylic acid groups (broad SMARTS) is 1. The summed E-state index contributed by atoms with van der Waals surface area (Å²) in [6.07, 6.45) is 3.86. The summed E-state index contributed by atoms with van der Waals surface area (Å²) in [5.74, 6) is 5.40. The van der Waals surface area contributed by atoms with E-state index in [1.54, 1.807) is 18.3 Å². The summed E-state index contributed by atoms with van der Waals surface area (Å²) in [4.78, 5) is 49.9. The lowest BCUT2D eigenvalue weighted by Crippen LogP contribution is -2.36. The van der Waals surface area contributed by atoms with Gasteiger partial charge in [-0.1, -0.05) is 72.5 Å². The molecule has 13 heteroatoms. The van der Waals surface area contributed by atoms with E-state index in [1.807, 2.05) is 91.0 Å². The largest absolute Gasteiger partial charge is 0.477 e. The third-order valence-corrected chi connectivity index (χ3v) is 11.3. The van der Waals surface area contributed by atoms with Gasteiger partial charge < -0.3 is 34.7 Å². The third-order valence-electron chi connectivity index (χ3n) is 11.3. The molecule has 1 amide bonds. The molecule has 1 aliphatic carbocycles. The number of Topliss-reactive ketones (excluding diaryl/α,β-unsaturated/α-hetero) is 1. The number of aromatic nitrogens is 2. The number of pyridine rings is 2. The molecule has 1 saturated heterocycles. The molecular weight excluding hydrogens is 811 g/mol. The van der Waals surface area contributed by atoms with Gasteiger partial charge in [-0.05, 0) is 84.5 Å². The third kappa shape index (κ3) is 13.1. The Balaban J connectivity index is 0.950. The molecule has 0 bridgehead atoms. The Labute approximate surface area is 374 Å². The lowest BCUT2D eigenvalue weighted by molar-refractivity contribution is -0.120. The van der Waals surface area contributed by atoms with Crippen molar-refractivity contribution in [3.8, 4) is 11.8 Å². The molecule has 2 atom stereocenters. The molecule has 64 heavy (non-hydrogen) atoms. The number of hydrogen-bond acceptors (Lipinski definition) is 11. The Bertz CT molecular complexity index is 2350. The predicted molar refractivity (Wildman–Crippen MR) is 242 cm³/mol. The monoisotopic (exact) mass is 865 g/mol. The molecule has 2 aliphatic rings. The highest BCUT2D eigenvalue weighted by Gasteiger charge is 2.26. The van der Waals surface area contributed by atoms with Gasteiger partial charge in [-0.15, -0.1) is 0 Å². The van der Waals surface area contributed by atoms with Crippen LogP contribution in [0.2, 0.25) is 0 Å². The minimum atomic E-state index is -1.08. The summed E-state index contributed by atoms with van der Waals surface area (Å²) in [5, 5.41) is 15.7. The van der Waals surface area contributed by atoms with E-state index in [0.717, 1.165) is 33.5 Å². The molecule has 13 nitrogen and oxygen atoms in total. The van der Waals surface area contributed by atoms with Crippen molar-refractivity contribution in [2.75, 3.05) is 77.8 Å². The minimum Gasteiger partial charge on any atom is -0.477 e. The number of carbonyl (C=O) groups is 3. The van der Waals surface area contributed by atoms with Crippen molar-refractivity contribution in [1.29, 1.82) is 0 Å². The predicted octanol–water partition coefficient (Wildman–Crippen LogP) is 6.34. The fourth-order valence-electron chi connectivity index (χ4n) is 7.95. The Morgan fingerprint density at radius 2 is 1.38 bits per heavy atom. The van der Waals surface area contributed by atoms with Crippen molar-refractivity contribution < 1.29 is 38.4 Å². The lowest BCUT2D eigenvalue weighted by Gasteiger charge is -2.32. The fourth-order valence-corrected chi connectivity index (χ4v) is 7.95. The maximum atomic E-state index is 13.8. The first kappa shape index (κ1) is 45.7. The second-order valence-electron chi connectivity index (χ2n) is 15.6. The molecule has 7 rings (SSSR count). The molecular formula is C51H55N5O8. The summed E-state index contributed by atoms with van der Waals surface area (Å²) < 4.78 is 24.0. The molecule has 3 N–H and O–H groups in total. The number of fused-ring (bicyclic) bond motifs is 2. The van der Waals surface area contributed by atoms with Crippen LogP contribution in [0.25, 0.3) is 0 Å². The van der Waals surface area contributed by atoms with Gasteiger partial charge in [0.2, 0.25) is 0 Å². The Morgan fingerprint density at radius 1 is 0.719 bits per heavy atom. The van der Waals surface area contributed by atoms with Crippen molar-refractivity contribution >= 4 is 23.5 Å². The first-order chi connectivity index (χ1) is 31.4.